The molecule has 0 saturated carbocycles. The molecule has 2 N–H and O–H groups in total. The highest BCUT2D eigenvalue weighted by Gasteiger charge is 2.19. The fraction of sp³-hybridized carbons (Fsp3) is 0.412. The minimum atomic E-state index is -3.38. The molecular formula is C17H24N4O3S3. The molecular weight excluding hydrogens is 404 g/mol. The van der Waals surface area contributed by atoms with Crippen LogP contribution in [-0.2, 0) is 14.6 Å². The van der Waals surface area contributed by atoms with Crippen LogP contribution in [0.25, 0.3) is 9.75 Å². The second-order valence-electron chi connectivity index (χ2n) is 5.98. The number of thiophene rings is 1. The molecule has 2 aromatic rings. The highest BCUT2D eigenvalue weighted by Crippen LogP contribution is 2.38. The number of nitrogens with one attached hydrogen (secondary N) is 2. The van der Waals surface area contributed by atoms with Gasteiger partial charge in [0.2, 0.25) is 5.91 Å². The maximum absolute atomic E-state index is 12.6. The molecule has 0 spiro atoms. The number of likely N-dealkylation sites (N-methyl/N-ethyl adjacent to an activating group) is 2. The van der Waals surface area contributed by atoms with Crippen molar-refractivity contribution in [3.05, 3.63) is 30.1 Å². The van der Waals surface area contributed by atoms with E-state index in [1.54, 1.807) is 24.4 Å². The molecule has 2 rings (SSSR count). The number of hydrogen-bond donors (Lipinski definition) is 2. The topological polar surface area (TPSA) is 91.4 Å². The fourth-order valence-corrected chi connectivity index (χ4v) is 5.91. The largest absolute Gasteiger partial charge is 0.379 e. The second kappa shape index (κ2) is 9.45. The summed E-state index contributed by atoms with van der Waals surface area (Å²) >= 11 is 2.56. The van der Waals surface area contributed by atoms with Crippen LogP contribution >= 0.6 is 22.7 Å². The Hall–Kier alpha value is -1.75. The summed E-state index contributed by atoms with van der Waals surface area (Å²) in [5.74, 6) is -0.230. The molecule has 0 unspecified atom stereocenters. The lowest BCUT2D eigenvalue weighted by Gasteiger charge is -2.12. The number of aryl methyl sites for hydroxylation is 1. The second-order valence-corrected chi connectivity index (χ2v) is 10.3. The molecule has 2 heterocycles. The molecule has 7 nitrogen and oxygen atoms in total. The maximum atomic E-state index is 12.6. The van der Waals surface area contributed by atoms with Crippen molar-refractivity contribution in [2.24, 2.45) is 0 Å². The molecule has 148 valence electrons. The number of rotatable bonds is 9. The van der Waals surface area contributed by atoms with Gasteiger partial charge in [-0.15, -0.1) is 11.3 Å². The Bertz CT molecular complexity index is 916. The number of hydrogen-bond acceptors (Lipinski definition) is 8. The molecule has 0 aliphatic carbocycles. The molecule has 0 aromatic carbocycles. The first-order valence-corrected chi connectivity index (χ1v) is 11.6. The Kier molecular flexibility index (Phi) is 7.54. The van der Waals surface area contributed by atoms with E-state index in [0.29, 0.717) is 9.34 Å². The third-order valence-corrected chi connectivity index (χ3v) is 8.11. The van der Waals surface area contributed by atoms with Crippen LogP contribution in [0.4, 0.5) is 5.13 Å². The summed E-state index contributed by atoms with van der Waals surface area (Å²) in [4.78, 5) is 19.1. The van der Waals surface area contributed by atoms with E-state index in [4.69, 9.17) is 0 Å². The zero-order valence-corrected chi connectivity index (χ0v) is 18.2. The van der Waals surface area contributed by atoms with Gasteiger partial charge in [0.25, 0.3) is 0 Å². The minimum Gasteiger partial charge on any atom is -0.379 e. The highest BCUT2D eigenvalue weighted by molar-refractivity contribution is 7.93. The van der Waals surface area contributed by atoms with Crippen molar-refractivity contribution in [2.45, 2.75) is 18.1 Å². The molecule has 27 heavy (non-hydrogen) atoms. The van der Waals surface area contributed by atoms with Gasteiger partial charge in [0.1, 0.15) is 4.21 Å². The molecule has 0 atom stereocenters. The van der Waals surface area contributed by atoms with E-state index >= 15 is 0 Å². The van der Waals surface area contributed by atoms with Crippen molar-refractivity contribution in [2.75, 3.05) is 38.3 Å². The smallest absolute Gasteiger partial charge is 0.223 e. The van der Waals surface area contributed by atoms with Gasteiger partial charge < -0.3 is 15.5 Å². The first-order valence-electron chi connectivity index (χ1n) is 8.32. The van der Waals surface area contributed by atoms with Gasteiger partial charge in [-0.3, -0.25) is 4.79 Å². The van der Waals surface area contributed by atoms with Gasteiger partial charge in [0.15, 0.2) is 15.0 Å². The zero-order chi connectivity index (χ0) is 20.0. The van der Waals surface area contributed by atoms with Gasteiger partial charge in [0.05, 0.1) is 16.3 Å². The molecule has 0 aliphatic heterocycles. The lowest BCUT2D eigenvalue weighted by molar-refractivity contribution is -0.114. The van der Waals surface area contributed by atoms with Crippen molar-refractivity contribution in [3.63, 3.8) is 0 Å². The van der Waals surface area contributed by atoms with Crippen molar-refractivity contribution >= 4 is 43.5 Å². The summed E-state index contributed by atoms with van der Waals surface area (Å²) in [5.41, 5.74) is 0.764. The average molecular weight is 429 g/mol. The number of amides is 1. The summed E-state index contributed by atoms with van der Waals surface area (Å²) in [7, 11) is 0.396. The summed E-state index contributed by atoms with van der Waals surface area (Å²) in [6.45, 7) is 4.90. The van der Waals surface area contributed by atoms with Gasteiger partial charge in [-0.1, -0.05) is 17.4 Å². The number of anilines is 1. The van der Waals surface area contributed by atoms with Gasteiger partial charge in [-0.05, 0) is 32.3 Å². The van der Waals surface area contributed by atoms with E-state index in [2.05, 4.69) is 15.6 Å². The molecule has 2 aromatic heterocycles. The average Bonchev–Trinajstić information content (AvgIpc) is 3.19. The van der Waals surface area contributed by atoms with E-state index in [9.17, 15) is 13.2 Å². The van der Waals surface area contributed by atoms with Crippen LogP contribution in [0.3, 0.4) is 0 Å². The number of carbonyl (C=O) groups is 1. The van der Waals surface area contributed by atoms with Crippen LogP contribution in [0.5, 0.6) is 0 Å². The normalized spacial score (nSPS) is 11.9. The van der Waals surface area contributed by atoms with Crippen molar-refractivity contribution < 1.29 is 13.2 Å². The first kappa shape index (κ1) is 21.5. The first-order chi connectivity index (χ1) is 12.7. The third-order valence-electron chi connectivity index (χ3n) is 3.58. The van der Waals surface area contributed by atoms with Crippen LogP contribution < -0.4 is 10.6 Å². The summed E-state index contributed by atoms with van der Waals surface area (Å²) in [6.07, 6.45) is 3.45. The lowest BCUT2D eigenvalue weighted by Crippen LogP contribution is -2.23. The molecule has 0 bridgehead atoms. The monoisotopic (exact) mass is 428 g/mol. The summed E-state index contributed by atoms with van der Waals surface area (Å²) in [6, 6.07) is 3.42. The van der Waals surface area contributed by atoms with Crippen molar-refractivity contribution in [3.8, 4) is 9.75 Å². The number of nitrogens with zero attached hydrogens (tertiary/aromatic N) is 2. The van der Waals surface area contributed by atoms with Gasteiger partial charge in [-0.25, -0.2) is 13.4 Å². The number of aromatic nitrogens is 1. The molecule has 0 fully saturated rings. The maximum Gasteiger partial charge on any atom is 0.223 e. The molecule has 10 heteroatoms. The molecule has 0 aliphatic rings. The van der Waals surface area contributed by atoms with E-state index in [1.165, 1.54) is 29.6 Å². The molecule has 1 amide bonds. The van der Waals surface area contributed by atoms with E-state index < -0.39 is 9.84 Å². The van der Waals surface area contributed by atoms with E-state index in [0.717, 1.165) is 28.5 Å². The van der Waals surface area contributed by atoms with Crippen LogP contribution in [0.1, 0.15) is 12.6 Å². The van der Waals surface area contributed by atoms with Gasteiger partial charge in [0, 0.05) is 31.9 Å². The van der Waals surface area contributed by atoms with Gasteiger partial charge in [-0.2, -0.15) is 0 Å². The van der Waals surface area contributed by atoms with Crippen LogP contribution in [0, 0.1) is 6.92 Å². The van der Waals surface area contributed by atoms with Crippen molar-refractivity contribution in [1.82, 2.24) is 15.2 Å². The van der Waals surface area contributed by atoms with Crippen LogP contribution in [0.15, 0.2) is 28.6 Å². The Morgan fingerprint density at radius 2 is 2.07 bits per heavy atom. The van der Waals surface area contributed by atoms with E-state index in [-0.39, 0.29) is 11.7 Å². The fourth-order valence-electron chi connectivity index (χ4n) is 2.23. The number of sulfone groups is 1. The standard InChI is InChI=1S/C17H24N4O3S3/c1-12-16(26-17(19-12)20-13(2)22)14-6-7-15(25-14)27(23,24)11-5-9-21(4)10-8-18-3/h5-7,9,18H,8,10-11H2,1-4H3,(H,19,20,22). The predicted octanol–water partition coefficient (Wildman–Crippen LogP) is 2.58. The van der Waals surface area contributed by atoms with Crippen LogP contribution in [-0.4, -0.2) is 57.1 Å². The highest BCUT2D eigenvalue weighted by atomic mass is 32.2. The van der Waals surface area contributed by atoms with Crippen LogP contribution in [0.2, 0.25) is 0 Å². The SMILES string of the molecule is CNCCN(C)C=CCS(=O)(=O)c1ccc(-c2sc(NC(C)=O)nc2C)s1. The number of thiazole rings is 1. The summed E-state index contributed by atoms with van der Waals surface area (Å²) < 4.78 is 25.5. The quantitative estimate of drug-likeness (QED) is 0.638. The third kappa shape index (κ3) is 6.13. The lowest BCUT2D eigenvalue weighted by atomic mass is 10.3. The zero-order valence-electron chi connectivity index (χ0n) is 15.8. The summed E-state index contributed by atoms with van der Waals surface area (Å²) in [5, 5.41) is 6.22. The predicted molar refractivity (Wildman–Crippen MR) is 112 cm³/mol. The Labute approximate surface area is 168 Å². The Morgan fingerprint density at radius 1 is 1.33 bits per heavy atom. The van der Waals surface area contributed by atoms with E-state index in [1.807, 2.05) is 25.9 Å². The molecule has 0 saturated heterocycles. The van der Waals surface area contributed by atoms with Crippen molar-refractivity contribution in [1.29, 1.82) is 0 Å². The van der Waals surface area contributed by atoms with Gasteiger partial charge >= 0.3 is 0 Å². The molecule has 0 radical (unpaired) electrons. The minimum absolute atomic E-state index is 0.0460. The Morgan fingerprint density at radius 3 is 2.74 bits per heavy atom. The Balaban J connectivity index is 2.11. The number of carbonyl (C=O) groups excluding carboxylic acids is 1.